The summed E-state index contributed by atoms with van der Waals surface area (Å²) in [4.78, 5) is 22.6. The number of carbonyl (C=O) groups is 1. The molecule has 3 rings (SSSR count). The first-order valence-electron chi connectivity index (χ1n) is 7.97. The second-order valence-electron chi connectivity index (χ2n) is 6.10. The number of rotatable bonds is 4. The van der Waals surface area contributed by atoms with Gasteiger partial charge in [-0.1, -0.05) is 17.7 Å². The number of aliphatic hydroxyl groups excluding tert-OH is 1. The van der Waals surface area contributed by atoms with Crippen LogP contribution in [0.3, 0.4) is 0 Å². The SMILES string of the molecule is CC1=C(CC=O)C(c2ccc(Cl)c([N+](=O)[O-])c2)C2=C(C(O)CCS2)N1O. The minimum absolute atomic E-state index is 0.0292. The Kier molecular flexibility index (Phi) is 5.38. The number of carbonyl (C=O) groups excluding carboxylic acids is 1. The van der Waals surface area contributed by atoms with Gasteiger partial charge in [-0.15, -0.1) is 11.8 Å². The average Bonchev–Trinajstić information content (AvgIpc) is 2.60. The normalized spacial score (nSPS) is 23.2. The molecule has 1 aromatic rings. The fourth-order valence-electron chi connectivity index (χ4n) is 3.37. The van der Waals surface area contributed by atoms with Gasteiger partial charge in [-0.2, -0.15) is 0 Å². The van der Waals surface area contributed by atoms with Crippen LogP contribution in [-0.4, -0.2) is 38.4 Å². The van der Waals surface area contributed by atoms with Gasteiger partial charge in [-0.25, -0.2) is 5.06 Å². The lowest BCUT2D eigenvalue weighted by atomic mass is 9.83. The zero-order chi connectivity index (χ0) is 19.0. The van der Waals surface area contributed by atoms with Crippen molar-refractivity contribution < 1.29 is 20.0 Å². The standard InChI is InChI=1S/C17H17ClN2O5S/c1-9-11(4-6-21)15(10-2-3-12(18)13(8-10)20(24)25)17-16(19(9)23)14(22)5-7-26-17/h2-3,6,8,14-15,22-23H,4-5,7H2,1H3. The van der Waals surface area contributed by atoms with Crippen molar-refractivity contribution in [1.29, 1.82) is 0 Å². The fourth-order valence-corrected chi connectivity index (χ4v) is 4.94. The Hall–Kier alpha value is -1.87. The summed E-state index contributed by atoms with van der Waals surface area (Å²) in [6.45, 7) is 1.66. The number of hydroxylamine groups is 2. The van der Waals surface area contributed by atoms with Gasteiger partial charge in [-0.05, 0) is 30.5 Å². The maximum atomic E-state index is 11.3. The van der Waals surface area contributed by atoms with Gasteiger partial charge in [0, 0.05) is 34.8 Å². The minimum Gasteiger partial charge on any atom is -0.387 e. The number of hydrogen-bond donors (Lipinski definition) is 2. The molecule has 0 aliphatic carbocycles. The molecule has 0 radical (unpaired) electrons. The molecular formula is C17H17ClN2O5S. The highest BCUT2D eigenvalue weighted by Gasteiger charge is 2.39. The Morgan fingerprint density at radius 1 is 1.50 bits per heavy atom. The molecule has 9 heteroatoms. The van der Waals surface area contributed by atoms with E-state index in [1.165, 1.54) is 23.9 Å². The molecule has 0 bridgehead atoms. The number of nitro groups is 1. The Morgan fingerprint density at radius 3 is 2.88 bits per heavy atom. The van der Waals surface area contributed by atoms with Crippen LogP contribution in [0, 0.1) is 10.1 Å². The van der Waals surface area contributed by atoms with Crippen molar-refractivity contribution in [1.82, 2.24) is 5.06 Å². The highest BCUT2D eigenvalue weighted by Crippen LogP contribution is 2.50. The highest BCUT2D eigenvalue weighted by atomic mass is 35.5. The van der Waals surface area contributed by atoms with E-state index in [1.54, 1.807) is 13.0 Å². The van der Waals surface area contributed by atoms with Crippen LogP contribution in [0.1, 0.15) is 31.2 Å². The molecule has 1 aromatic carbocycles. The molecule has 2 unspecified atom stereocenters. The molecule has 2 N–H and O–H groups in total. The van der Waals surface area contributed by atoms with E-state index in [2.05, 4.69) is 0 Å². The van der Waals surface area contributed by atoms with Crippen LogP contribution in [0.2, 0.25) is 5.02 Å². The Bertz CT molecular complexity index is 838. The zero-order valence-electron chi connectivity index (χ0n) is 13.9. The van der Waals surface area contributed by atoms with Crippen LogP contribution in [0.4, 0.5) is 5.69 Å². The van der Waals surface area contributed by atoms with E-state index in [0.717, 1.165) is 11.3 Å². The quantitative estimate of drug-likeness (QED) is 0.455. The van der Waals surface area contributed by atoms with Gasteiger partial charge < -0.3 is 9.90 Å². The van der Waals surface area contributed by atoms with Gasteiger partial charge in [0.25, 0.3) is 5.69 Å². The summed E-state index contributed by atoms with van der Waals surface area (Å²) in [7, 11) is 0. The molecule has 7 nitrogen and oxygen atoms in total. The minimum atomic E-state index is -0.839. The van der Waals surface area contributed by atoms with Gasteiger partial charge in [0.15, 0.2) is 0 Å². The Balaban J connectivity index is 2.22. The van der Waals surface area contributed by atoms with Crippen molar-refractivity contribution in [3.63, 3.8) is 0 Å². The van der Waals surface area contributed by atoms with Crippen molar-refractivity contribution in [2.45, 2.75) is 31.8 Å². The topological polar surface area (TPSA) is 104 Å². The van der Waals surface area contributed by atoms with Crippen molar-refractivity contribution in [3.05, 3.63) is 60.8 Å². The number of nitrogens with zero attached hydrogens (tertiary/aromatic N) is 2. The second-order valence-corrected chi connectivity index (χ2v) is 7.64. The number of hydrogen-bond acceptors (Lipinski definition) is 7. The summed E-state index contributed by atoms with van der Waals surface area (Å²) in [5, 5.41) is 33.1. The third-order valence-electron chi connectivity index (χ3n) is 4.64. The predicted octanol–water partition coefficient (Wildman–Crippen LogP) is 3.61. The van der Waals surface area contributed by atoms with E-state index in [-0.39, 0.29) is 17.1 Å². The monoisotopic (exact) mass is 396 g/mol. The number of benzene rings is 1. The third kappa shape index (κ3) is 3.14. The van der Waals surface area contributed by atoms with Crippen LogP contribution in [0.5, 0.6) is 0 Å². The highest BCUT2D eigenvalue weighted by molar-refractivity contribution is 8.03. The van der Waals surface area contributed by atoms with E-state index < -0.39 is 16.9 Å². The van der Waals surface area contributed by atoms with Crippen molar-refractivity contribution >= 4 is 35.3 Å². The van der Waals surface area contributed by atoms with Gasteiger partial charge in [0.2, 0.25) is 0 Å². The molecular weight excluding hydrogens is 380 g/mol. The Morgan fingerprint density at radius 2 is 2.23 bits per heavy atom. The number of nitro benzene ring substituents is 1. The molecule has 0 fully saturated rings. The molecule has 0 spiro atoms. The lowest BCUT2D eigenvalue weighted by Crippen LogP contribution is -2.36. The smallest absolute Gasteiger partial charge is 0.288 e. The lowest BCUT2D eigenvalue weighted by molar-refractivity contribution is -0.384. The maximum absolute atomic E-state index is 11.3. The summed E-state index contributed by atoms with van der Waals surface area (Å²) in [6.07, 6.45) is 0.454. The largest absolute Gasteiger partial charge is 0.387 e. The Labute approximate surface area is 159 Å². The molecule has 2 aliphatic heterocycles. The van der Waals surface area contributed by atoms with Crippen LogP contribution in [0.25, 0.3) is 0 Å². The molecule has 26 heavy (non-hydrogen) atoms. The van der Waals surface area contributed by atoms with E-state index >= 15 is 0 Å². The molecule has 0 amide bonds. The first-order chi connectivity index (χ1) is 12.4. The predicted molar refractivity (Wildman–Crippen MR) is 98.0 cm³/mol. The van der Waals surface area contributed by atoms with E-state index in [9.17, 15) is 25.2 Å². The summed E-state index contributed by atoms with van der Waals surface area (Å²) >= 11 is 7.40. The number of aldehydes is 1. The summed E-state index contributed by atoms with van der Waals surface area (Å²) in [6, 6.07) is 4.53. The number of aliphatic hydroxyl groups is 1. The molecule has 0 saturated carbocycles. The van der Waals surface area contributed by atoms with Gasteiger partial charge >= 0.3 is 0 Å². The van der Waals surface area contributed by atoms with Crippen LogP contribution >= 0.6 is 23.4 Å². The number of thioether (sulfide) groups is 1. The molecule has 138 valence electrons. The number of allylic oxidation sites excluding steroid dienone is 3. The molecule has 0 saturated heterocycles. The number of halogens is 1. The first kappa shape index (κ1) is 18.9. The zero-order valence-corrected chi connectivity index (χ0v) is 15.5. The van der Waals surface area contributed by atoms with Crippen LogP contribution in [-0.2, 0) is 4.79 Å². The molecule has 2 atom stereocenters. The van der Waals surface area contributed by atoms with E-state index in [1.807, 2.05) is 0 Å². The van der Waals surface area contributed by atoms with E-state index in [4.69, 9.17) is 11.6 Å². The van der Waals surface area contributed by atoms with Gasteiger partial charge in [-0.3, -0.25) is 15.3 Å². The van der Waals surface area contributed by atoms with Crippen LogP contribution < -0.4 is 0 Å². The summed E-state index contributed by atoms with van der Waals surface area (Å²) in [5.74, 6) is 0.197. The second kappa shape index (κ2) is 7.40. The third-order valence-corrected chi connectivity index (χ3v) is 6.16. The van der Waals surface area contributed by atoms with Crippen molar-refractivity contribution in [2.75, 3.05) is 5.75 Å². The fraction of sp³-hybridized carbons (Fsp3) is 0.353. The molecule has 0 aromatic heterocycles. The summed E-state index contributed by atoms with van der Waals surface area (Å²) in [5.41, 5.74) is 1.83. The average molecular weight is 397 g/mol. The lowest BCUT2D eigenvalue weighted by Gasteiger charge is -2.40. The van der Waals surface area contributed by atoms with Crippen LogP contribution in [0.15, 0.2) is 40.1 Å². The first-order valence-corrected chi connectivity index (χ1v) is 9.34. The molecule has 2 aliphatic rings. The van der Waals surface area contributed by atoms with Gasteiger partial charge in [0.05, 0.1) is 16.7 Å². The van der Waals surface area contributed by atoms with Crippen molar-refractivity contribution in [2.24, 2.45) is 0 Å². The van der Waals surface area contributed by atoms with E-state index in [0.29, 0.717) is 39.6 Å². The maximum Gasteiger partial charge on any atom is 0.288 e. The van der Waals surface area contributed by atoms with Crippen molar-refractivity contribution in [3.8, 4) is 0 Å². The summed E-state index contributed by atoms with van der Waals surface area (Å²) < 4.78 is 0. The molecule has 2 heterocycles. The van der Waals surface area contributed by atoms with Gasteiger partial charge in [0.1, 0.15) is 11.3 Å².